The Hall–Kier alpha value is -1.16. The van der Waals surface area contributed by atoms with E-state index in [1.807, 2.05) is 18.2 Å². The molecule has 1 aromatic heterocycles. The lowest BCUT2D eigenvalue weighted by atomic mass is 10.2. The van der Waals surface area contributed by atoms with Crippen LogP contribution in [-0.4, -0.2) is 10.7 Å². The van der Waals surface area contributed by atoms with Crippen LogP contribution in [0, 0.1) is 0 Å². The minimum absolute atomic E-state index is 0.716. The number of aromatic nitrogens is 1. The first-order chi connectivity index (χ1) is 8.29. The van der Waals surface area contributed by atoms with E-state index in [-0.39, 0.29) is 0 Å². The highest BCUT2D eigenvalue weighted by molar-refractivity contribution is 7.99. The van der Waals surface area contributed by atoms with Gasteiger partial charge >= 0.3 is 0 Å². The third-order valence-electron chi connectivity index (χ3n) is 2.62. The standard InChI is InChI=1S/C13H18N2OS/c1-2-3-4-5-8-17-13-15-11-7-6-10(14)9-12(11)16-13/h6-7,9H,2-5,8,14H2,1H3. The van der Waals surface area contributed by atoms with Crippen LogP contribution >= 0.6 is 11.8 Å². The topological polar surface area (TPSA) is 52.0 Å². The highest BCUT2D eigenvalue weighted by Crippen LogP contribution is 2.25. The molecule has 92 valence electrons. The van der Waals surface area contributed by atoms with Gasteiger partial charge in [-0.2, -0.15) is 0 Å². The van der Waals surface area contributed by atoms with Gasteiger partial charge in [0.25, 0.3) is 5.22 Å². The maximum atomic E-state index is 5.69. The van der Waals surface area contributed by atoms with Gasteiger partial charge in [-0.1, -0.05) is 37.9 Å². The fraction of sp³-hybridized carbons (Fsp3) is 0.462. The van der Waals surface area contributed by atoms with E-state index in [0.717, 1.165) is 22.1 Å². The summed E-state index contributed by atoms with van der Waals surface area (Å²) in [7, 11) is 0. The van der Waals surface area contributed by atoms with Crippen LogP contribution in [0.25, 0.3) is 11.1 Å². The fourth-order valence-corrected chi connectivity index (χ4v) is 2.50. The van der Waals surface area contributed by atoms with E-state index in [0.29, 0.717) is 5.69 Å². The van der Waals surface area contributed by atoms with E-state index in [1.54, 1.807) is 11.8 Å². The van der Waals surface area contributed by atoms with Gasteiger partial charge in [0.05, 0.1) is 0 Å². The molecule has 0 fully saturated rings. The van der Waals surface area contributed by atoms with Crippen LogP contribution in [0.15, 0.2) is 27.8 Å². The van der Waals surface area contributed by atoms with Crippen molar-refractivity contribution in [1.82, 2.24) is 4.98 Å². The number of thioether (sulfide) groups is 1. The molecule has 1 aromatic carbocycles. The van der Waals surface area contributed by atoms with Crippen molar-refractivity contribution in [2.45, 2.75) is 37.8 Å². The highest BCUT2D eigenvalue weighted by atomic mass is 32.2. The molecule has 0 bridgehead atoms. The molecule has 2 rings (SSSR count). The van der Waals surface area contributed by atoms with Crippen molar-refractivity contribution >= 4 is 28.5 Å². The van der Waals surface area contributed by atoms with Crippen molar-refractivity contribution in [1.29, 1.82) is 0 Å². The van der Waals surface area contributed by atoms with Gasteiger partial charge in [-0.15, -0.1) is 0 Å². The number of nitrogen functional groups attached to an aromatic ring is 1. The number of nitrogens with two attached hydrogens (primary N) is 1. The quantitative estimate of drug-likeness (QED) is 0.477. The molecule has 2 aromatic rings. The molecule has 0 aliphatic heterocycles. The molecule has 0 spiro atoms. The molecule has 2 N–H and O–H groups in total. The zero-order valence-electron chi connectivity index (χ0n) is 10.1. The van der Waals surface area contributed by atoms with Crippen LogP contribution in [0.3, 0.4) is 0 Å². The number of oxazole rings is 1. The third kappa shape index (κ3) is 3.40. The number of rotatable bonds is 6. The molecular formula is C13H18N2OS. The van der Waals surface area contributed by atoms with Gasteiger partial charge in [0.1, 0.15) is 5.52 Å². The second-order valence-electron chi connectivity index (χ2n) is 4.12. The summed E-state index contributed by atoms with van der Waals surface area (Å²) in [6.07, 6.45) is 5.09. The maximum Gasteiger partial charge on any atom is 0.256 e. The molecule has 1 heterocycles. The fourth-order valence-electron chi connectivity index (χ4n) is 1.67. The average Bonchev–Trinajstić information content (AvgIpc) is 2.70. The first kappa shape index (κ1) is 12.3. The summed E-state index contributed by atoms with van der Waals surface area (Å²) in [6, 6.07) is 5.57. The normalized spacial score (nSPS) is 11.1. The summed E-state index contributed by atoms with van der Waals surface area (Å²) < 4.78 is 5.63. The van der Waals surface area contributed by atoms with Gasteiger partial charge in [-0.25, -0.2) is 4.98 Å². The Bertz CT molecular complexity index is 481. The second-order valence-corrected chi connectivity index (χ2v) is 5.16. The second kappa shape index (κ2) is 5.96. The van der Waals surface area contributed by atoms with Gasteiger partial charge in [0, 0.05) is 17.5 Å². The number of benzene rings is 1. The van der Waals surface area contributed by atoms with Crippen LogP contribution in [0.4, 0.5) is 5.69 Å². The van der Waals surface area contributed by atoms with Crippen LogP contribution in [-0.2, 0) is 0 Å². The molecule has 0 amide bonds. The number of unbranched alkanes of at least 4 members (excludes halogenated alkanes) is 3. The van der Waals surface area contributed by atoms with E-state index in [9.17, 15) is 0 Å². The molecule has 3 nitrogen and oxygen atoms in total. The zero-order chi connectivity index (χ0) is 12.1. The first-order valence-corrected chi connectivity index (χ1v) is 7.07. The van der Waals surface area contributed by atoms with Crippen molar-refractivity contribution in [3.63, 3.8) is 0 Å². The van der Waals surface area contributed by atoms with Gasteiger partial charge in [0.2, 0.25) is 0 Å². The van der Waals surface area contributed by atoms with Crippen LogP contribution in [0.2, 0.25) is 0 Å². The van der Waals surface area contributed by atoms with Crippen molar-refractivity contribution < 1.29 is 4.42 Å². The number of nitrogens with zero attached hydrogens (tertiary/aromatic N) is 1. The van der Waals surface area contributed by atoms with Gasteiger partial charge < -0.3 is 10.2 Å². The summed E-state index contributed by atoms with van der Waals surface area (Å²) in [5, 5.41) is 0.752. The van der Waals surface area contributed by atoms with Gasteiger partial charge in [-0.3, -0.25) is 0 Å². The number of fused-ring (bicyclic) bond motifs is 1. The van der Waals surface area contributed by atoms with Crippen molar-refractivity contribution in [3.8, 4) is 0 Å². The lowest BCUT2D eigenvalue weighted by molar-refractivity contribution is 0.489. The number of anilines is 1. The van der Waals surface area contributed by atoms with E-state index in [1.165, 1.54) is 25.7 Å². The predicted octanol–water partition coefficient (Wildman–Crippen LogP) is 4.08. The maximum absolute atomic E-state index is 5.69. The molecule has 0 radical (unpaired) electrons. The Morgan fingerprint density at radius 3 is 3.00 bits per heavy atom. The molecule has 17 heavy (non-hydrogen) atoms. The Morgan fingerprint density at radius 2 is 2.18 bits per heavy atom. The summed E-state index contributed by atoms with van der Waals surface area (Å²) in [5.41, 5.74) is 8.07. The summed E-state index contributed by atoms with van der Waals surface area (Å²) in [5.74, 6) is 1.07. The minimum Gasteiger partial charge on any atom is -0.431 e. The Morgan fingerprint density at radius 1 is 1.29 bits per heavy atom. The number of hydrogen-bond acceptors (Lipinski definition) is 4. The van der Waals surface area contributed by atoms with Crippen LogP contribution in [0.1, 0.15) is 32.6 Å². The predicted molar refractivity (Wildman–Crippen MR) is 73.3 cm³/mol. The molecule has 0 aliphatic rings. The molecule has 0 saturated heterocycles. The van der Waals surface area contributed by atoms with Crippen LogP contribution in [0.5, 0.6) is 0 Å². The minimum atomic E-state index is 0.716. The van der Waals surface area contributed by atoms with Crippen molar-refractivity contribution in [2.75, 3.05) is 11.5 Å². The van der Waals surface area contributed by atoms with Crippen molar-refractivity contribution in [3.05, 3.63) is 18.2 Å². The molecule has 0 unspecified atom stereocenters. The Labute approximate surface area is 106 Å². The lowest BCUT2D eigenvalue weighted by Gasteiger charge is -1.96. The zero-order valence-corrected chi connectivity index (χ0v) is 10.9. The Balaban J connectivity index is 1.91. The summed E-state index contributed by atoms with van der Waals surface area (Å²) >= 11 is 1.68. The van der Waals surface area contributed by atoms with Crippen LogP contribution < -0.4 is 5.73 Å². The SMILES string of the molecule is CCCCCCSc1nc2ccc(N)cc2o1. The highest BCUT2D eigenvalue weighted by Gasteiger charge is 2.05. The molecule has 0 saturated carbocycles. The largest absolute Gasteiger partial charge is 0.431 e. The molecule has 4 heteroatoms. The molecular weight excluding hydrogens is 232 g/mol. The number of hydrogen-bond donors (Lipinski definition) is 1. The molecule has 0 aliphatic carbocycles. The Kier molecular flexibility index (Phi) is 4.31. The van der Waals surface area contributed by atoms with Gasteiger partial charge in [-0.05, 0) is 18.6 Å². The van der Waals surface area contributed by atoms with E-state index < -0.39 is 0 Å². The summed E-state index contributed by atoms with van der Waals surface area (Å²) in [4.78, 5) is 4.41. The summed E-state index contributed by atoms with van der Waals surface area (Å²) in [6.45, 7) is 2.22. The van der Waals surface area contributed by atoms with E-state index >= 15 is 0 Å². The first-order valence-electron chi connectivity index (χ1n) is 6.08. The lowest BCUT2D eigenvalue weighted by Crippen LogP contribution is -1.81. The molecule has 0 atom stereocenters. The third-order valence-corrected chi connectivity index (χ3v) is 3.53. The van der Waals surface area contributed by atoms with Gasteiger partial charge in [0.15, 0.2) is 5.58 Å². The van der Waals surface area contributed by atoms with E-state index in [4.69, 9.17) is 10.2 Å². The average molecular weight is 250 g/mol. The smallest absolute Gasteiger partial charge is 0.256 e. The van der Waals surface area contributed by atoms with E-state index in [2.05, 4.69) is 11.9 Å². The monoisotopic (exact) mass is 250 g/mol. The van der Waals surface area contributed by atoms with Crippen molar-refractivity contribution in [2.24, 2.45) is 0 Å².